The summed E-state index contributed by atoms with van der Waals surface area (Å²) in [5.41, 5.74) is 5.42. The molecule has 1 heterocycles. The molecule has 5 heteroatoms. The number of hydrogen-bond donors (Lipinski definition) is 2. The van der Waals surface area contributed by atoms with Gasteiger partial charge in [0.1, 0.15) is 0 Å². The number of aromatic nitrogens is 2. The lowest BCUT2D eigenvalue weighted by Gasteiger charge is -2.33. The molecule has 3 unspecified atom stereocenters. The van der Waals surface area contributed by atoms with Crippen molar-refractivity contribution in [1.82, 2.24) is 10.2 Å². The van der Waals surface area contributed by atoms with E-state index < -0.39 is 0 Å². The van der Waals surface area contributed by atoms with Gasteiger partial charge in [-0.05, 0) is 18.3 Å². The van der Waals surface area contributed by atoms with E-state index in [1.165, 1.54) is 19.3 Å². The molecule has 0 spiro atoms. The zero-order valence-electron chi connectivity index (χ0n) is 9.94. The molecule has 1 aliphatic carbocycles. The third-order valence-electron chi connectivity index (χ3n) is 3.66. The van der Waals surface area contributed by atoms with Crippen molar-refractivity contribution < 1.29 is 4.42 Å². The van der Waals surface area contributed by atoms with E-state index in [4.69, 9.17) is 10.2 Å². The summed E-state index contributed by atoms with van der Waals surface area (Å²) in [7, 11) is 0. The summed E-state index contributed by atoms with van der Waals surface area (Å²) < 4.78 is 5.36. The Hall–Kier alpha value is -1.10. The van der Waals surface area contributed by atoms with Crippen molar-refractivity contribution in [2.45, 2.75) is 45.7 Å². The number of nitrogens with one attached hydrogen (secondary N) is 1. The first-order chi connectivity index (χ1) is 7.70. The molecule has 0 saturated heterocycles. The SMILES string of the molecule is CC1CCCC(Nc2nnc(CN)o2)C1C. The van der Waals surface area contributed by atoms with Crippen molar-refractivity contribution in [3.63, 3.8) is 0 Å². The molecule has 1 fully saturated rings. The Morgan fingerprint density at radius 2 is 2.19 bits per heavy atom. The lowest BCUT2D eigenvalue weighted by Crippen LogP contribution is -2.35. The first-order valence-corrected chi connectivity index (χ1v) is 5.99. The topological polar surface area (TPSA) is 77.0 Å². The largest absolute Gasteiger partial charge is 0.407 e. The Balaban J connectivity index is 1.97. The fourth-order valence-corrected chi connectivity index (χ4v) is 2.34. The van der Waals surface area contributed by atoms with Crippen molar-refractivity contribution in [2.24, 2.45) is 17.6 Å². The number of anilines is 1. The van der Waals surface area contributed by atoms with Crippen molar-refractivity contribution in [3.05, 3.63) is 5.89 Å². The Morgan fingerprint density at radius 3 is 2.88 bits per heavy atom. The standard InChI is InChI=1S/C11H20N4O/c1-7-4-3-5-9(8(7)2)13-11-15-14-10(6-12)16-11/h7-9H,3-6,12H2,1-2H3,(H,13,15). The van der Waals surface area contributed by atoms with Gasteiger partial charge in [0.2, 0.25) is 5.89 Å². The summed E-state index contributed by atoms with van der Waals surface area (Å²) in [6, 6.07) is 0.946. The molecule has 0 aromatic carbocycles. The first-order valence-electron chi connectivity index (χ1n) is 5.99. The van der Waals surface area contributed by atoms with Crippen LogP contribution >= 0.6 is 0 Å². The summed E-state index contributed by atoms with van der Waals surface area (Å²) in [5.74, 6) is 1.88. The van der Waals surface area contributed by atoms with Crippen molar-refractivity contribution in [1.29, 1.82) is 0 Å². The van der Waals surface area contributed by atoms with E-state index >= 15 is 0 Å². The minimum atomic E-state index is 0.297. The second-order valence-electron chi connectivity index (χ2n) is 4.72. The van der Waals surface area contributed by atoms with Crippen LogP contribution in [0.15, 0.2) is 4.42 Å². The van der Waals surface area contributed by atoms with E-state index in [0.29, 0.717) is 30.4 Å². The van der Waals surface area contributed by atoms with Gasteiger partial charge >= 0.3 is 6.01 Å². The second-order valence-corrected chi connectivity index (χ2v) is 4.72. The predicted octanol–water partition coefficient (Wildman–Crippen LogP) is 1.76. The average Bonchev–Trinajstić information content (AvgIpc) is 2.73. The zero-order chi connectivity index (χ0) is 11.5. The fourth-order valence-electron chi connectivity index (χ4n) is 2.34. The molecule has 2 rings (SSSR count). The Kier molecular flexibility index (Phi) is 3.43. The molecule has 1 aliphatic rings. The van der Waals surface area contributed by atoms with Crippen LogP contribution in [0.3, 0.4) is 0 Å². The zero-order valence-corrected chi connectivity index (χ0v) is 9.94. The molecule has 16 heavy (non-hydrogen) atoms. The molecule has 1 aromatic heterocycles. The molecule has 1 aromatic rings. The fraction of sp³-hybridized carbons (Fsp3) is 0.818. The van der Waals surface area contributed by atoms with Gasteiger partial charge in [0.25, 0.3) is 0 Å². The van der Waals surface area contributed by atoms with E-state index in [1.54, 1.807) is 0 Å². The third kappa shape index (κ3) is 2.35. The second kappa shape index (κ2) is 4.82. The van der Waals surface area contributed by atoms with E-state index in [-0.39, 0.29) is 0 Å². The Bertz CT molecular complexity index is 338. The predicted molar refractivity (Wildman–Crippen MR) is 61.8 cm³/mol. The van der Waals surface area contributed by atoms with Gasteiger partial charge in [0, 0.05) is 6.04 Å². The van der Waals surface area contributed by atoms with E-state index in [0.717, 1.165) is 5.92 Å². The van der Waals surface area contributed by atoms with Crippen LogP contribution in [0.5, 0.6) is 0 Å². The highest BCUT2D eigenvalue weighted by atomic mass is 16.4. The number of rotatable bonds is 3. The number of hydrogen-bond acceptors (Lipinski definition) is 5. The van der Waals surface area contributed by atoms with E-state index in [9.17, 15) is 0 Å². The molecule has 0 aliphatic heterocycles. The van der Waals surface area contributed by atoms with Crippen LogP contribution in [0.2, 0.25) is 0 Å². The summed E-state index contributed by atoms with van der Waals surface area (Å²) in [4.78, 5) is 0. The van der Waals surface area contributed by atoms with Crippen molar-refractivity contribution in [2.75, 3.05) is 5.32 Å². The summed E-state index contributed by atoms with van der Waals surface area (Å²) in [5, 5.41) is 11.1. The normalized spacial score (nSPS) is 30.3. The average molecular weight is 224 g/mol. The van der Waals surface area contributed by atoms with Crippen molar-refractivity contribution in [3.8, 4) is 0 Å². The van der Waals surface area contributed by atoms with Gasteiger partial charge in [0.05, 0.1) is 6.54 Å². The molecule has 0 amide bonds. The molecular formula is C11H20N4O. The highest BCUT2D eigenvalue weighted by molar-refractivity contribution is 5.20. The van der Waals surface area contributed by atoms with Gasteiger partial charge in [-0.2, -0.15) is 0 Å². The van der Waals surface area contributed by atoms with Gasteiger partial charge in [-0.1, -0.05) is 31.8 Å². The maximum atomic E-state index is 5.42. The molecule has 0 radical (unpaired) electrons. The third-order valence-corrected chi connectivity index (χ3v) is 3.66. The van der Waals surface area contributed by atoms with Crippen LogP contribution in [0.1, 0.15) is 39.0 Å². The van der Waals surface area contributed by atoms with Gasteiger partial charge < -0.3 is 15.5 Å². The minimum Gasteiger partial charge on any atom is -0.407 e. The van der Waals surface area contributed by atoms with Crippen LogP contribution in [-0.2, 0) is 6.54 Å². The molecule has 5 nitrogen and oxygen atoms in total. The van der Waals surface area contributed by atoms with Crippen LogP contribution in [0, 0.1) is 11.8 Å². The smallest absolute Gasteiger partial charge is 0.315 e. The van der Waals surface area contributed by atoms with E-state index in [1.807, 2.05) is 0 Å². The van der Waals surface area contributed by atoms with Crippen LogP contribution < -0.4 is 11.1 Å². The van der Waals surface area contributed by atoms with Crippen LogP contribution in [0.25, 0.3) is 0 Å². The van der Waals surface area contributed by atoms with Gasteiger partial charge in [-0.25, -0.2) is 0 Å². The quantitative estimate of drug-likeness (QED) is 0.818. The van der Waals surface area contributed by atoms with Gasteiger partial charge in [-0.15, -0.1) is 5.10 Å². The molecule has 90 valence electrons. The van der Waals surface area contributed by atoms with Crippen molar-refractivity contribution >= 4 is 6.01 Å². The van der Waals surface area contributed by atoms with Gasteiger partial charge in [-0.3, -0.25) is 0 Å². The highest BCUT2D eigenvalue weighted by Crippen LogP contribution is 2.31. The Labute approximate surface area is 95.8 Å². The van der Waals surface area contributed by atoms with Gasteiger partial charge in [0.15, 0.2) is 0 Å². The van der Waals surface area contributed by atoms with E-state index in [2.05, 4.69) is 29.4 Å². The maximum Gasteiger partial charge on any atom is 0.315 e. The lowest BCUT2D eigenvalue weighted by atomic mass is 9.78. The first kappa shape index (κ1) is 11.4. The number of nitrogens with zero attached hydrogens (tertiary/aromatic N) is 2. The molecular weight excluding hydrogens is 204 g/mol. The molecule has 1 saturated carbocycles. The van der Waals surface area contributed by atoms with Crippen LogP contribution in [0.4, 0.5) is 6.01 Å². The monoisotopic (exact) mass is 224 g/mol. The summed E-state index contributed by atoms with van der Waals surface area (Å²) >= 11 is 0. The highest BCUT2D eigenvalue weighted by Gasteiger charge is 2.27. The number of nitrogens with two attached hydrogens (primary N) is 1. The van der Waals surface area contributed by atoms with Crippen LogP contribution in [-0.4, -0.2) is 16.2 Å². The lowest BCUT2D eigenvalue weighted by molar-refractivity contribution is 0.250. The summed E-state index contributed by atoms with van der Waals surface area (Å²) in [6.07, 6.45) is 3.75. The molecule has 3 atom stereocenters. The molecule has 0 bridgehead atoms. The molecule has 3 N–H and O–H groups in total. The maximum absolute atomic E-state index is 5.42. The summed E-state index contributed by atoms with van der Waals surface area (Å²) in [6.45, 7) is 4.88. The minimum absolute atomic E-state index is 0.297. The Morgan fingerprint density at radius 1 is 1.38 bits per heavy atom.